The van der Waals surface area contributed by atoms with Gasteiger partial charge in [-0.1, -0.05) is 22.4 Å². The second kappa shape index (κ2) is 9.84. The van der Waals surface area contributed by atoms with Crippen molar-refractivity contribution in [2.45, 2.75) is 49.9 Å². The summed E-state index contributed by atoms with van der Waals surface area (Å²) in [7, 11) is 1.66. The molecule has 7 nitrogen and oxygen atoms in total. The maximum atomic E-state index is 12.3. The maximum absolute atomic E-state index is 12.3. The Morgan fingerprint density at radius 2 is 2.10 bits per heavy atom. The highest BCUT2D eigenvalue weighted by Crippen LogP contribution is 2.33. The Kier molecular flexibility index (Phi) is 7.45. The zero-order valence-electron chi connectivity index (χ0n) is 16.7. The summed E-state index contributed by atoms with van der Waals surface area (Å²) in [6, 6.07) is 6.01. The van der Waals surface area contributed by atoms with Crippen LogP contribution in [-0.2, 0) is 9.59 Å². The molecule has 9 heteroatoms. The average Bonchev–Trinajstić information content (AvgIpc) is 3.20. The Labute approximate surface area is 183 Å². The number of urea groups is 1. The molecule has 2 fully saturated rings. The quantitative estimate of drug-likeness (QED) is 0.392. The van der Waals surface area contributed by atoms with E-state index in [2.05, 4.69) is 31.9 Å². The molecule has 2 heterocycles. The fraction of sp³-hybridized carbons (Fsp3) is 0.550. The molecule has 0 radical (unpaired) electrons. The Morgan fingerprint density at radius 3 is 2.86 bits per heavy atom. The van der Waals surface area contributed by atoms with Crippen molar-refractivity contribution in [3.05, 3.63) is 28.2 Å². The fourth-order valence-electron chi connectivity index (χ4n) is 3.72. The Balaban J connectivity index is 1.35. The van der Waals surface area contributed by atoms with E-state index < -0.39 is 0 Å². The molecule has 2 aliphatic heterocycles. The summed E-state index contributed by atoms with van der Waals surface area (Å²) in [6.45, 7) is 1.96. The van der Waals surface area contributed by atoms with E-state index in [9.17, 15) is 14.4 Å². The Morgan fingerprint density at radius 1 is 1.31 bits per heavy atom. The third kappa shape index (κ3) is 5.88. The third-order valence-corrected chi connectivity index (χ3v) is 7.34. The van der Waals surface area contributed by atoms with Crippen molar-refractivity contribution in [1.82, 2.24) is 15.5 Å². The number of carbonyl (C=O) groups is 3. The summed E-state index contributed by atoms with van der Waals surface area (Å²) in [4.78, 5) is 37.5. The minimum Gasteiger partial charge on any atom is -0.336 e. The van der Waals surface area contributed by atoms with Gasteiger partial charge in [0.1, 0.15) is 0 Å². The van der Waals surface area contributed by atoms with Crippen LogP contribution >= 0.6 is 27.7 Å². The number of thioether (sulfide) groups is 1. The van der Waals surface area contributed by atoms with Gasteiger partial charge in [-0.05, 0) is 43.5 Å². The first-order valence-electron chi connectivity index (χ1n) is 9.82. The van der Waals surface area contributed by atoms with Gasteiger partial charge in [0, 0.05) is 34.6 Å². The predicted molar refractivity (Wildman–Crippen MR) is 119 cm³/mol. The maximum Gasteiger partial charge on any atom is 0.315 e. The highest BCUT2D eigenvalue weighted by Gasteiger charge is 2.42. The first-order chi connectivity index (χ1) is 13.8. The van der Waals surface area contributed by atoms with Gasteiger partial charge in [0.25, 0.3) is 0 Å². The predicted octanol–water partition coefficient (Wildman–Crippen LogP) is 2.88. The highest BCUT2D eigenvalue weighted by atomic mass is 79.9. The molecule has 0 aliphatic carbocycles. The van der Waals surface area contributed by atoms with Gasteiger partial charge in [-0.25, -0.2) is 4.79 Å². The number of unbranched alkanes of at least 4 members (excludes halogenated alkanes) is 1. The molecular weight excluding hydrogens is 456 g/mol. The molecule has 2 aliphatic rings. The van der Waals surface area contributed by atoms with Crippen LogP contribution in [-0.4, -0.2) is 59.4 Å². The van der Waals surface area contributed by atoms with Crippen molar-refractivity contribution in [3.8, 4) is 0 Å². The number of anilines is 1. The SMILES string of the molecule is Cc1cc(Br)ccc1NC(=O)CN(C)C(=O)CCCC[C@@H]1SC[C@@H]2NC(=O)N[C@@H]21. The third-order valence-electron chi connectivity index (χ3n) is 5.34. The van der Waals surface area contributed by atoms with Crippen molar-refractivity contribution in [2.24, 2.45) is 0 Å². The minimum atomic E-state index is -0.204. The first kappa shape index (κ1) is 22.0. The van der Waals surface area contributed by atoms with Crippen LogP contribution in [0.15, 0.2) is 22.7 Å². The van der Waals surface area contributed by atoms with Gasteiger partial charge in [0.05, 0.1) is 18.6 Å². The van der Waals surface area contributed by atoms with Crippen molar-refractivity contribution in [1.29, 1.82) is 0 Å². The van der Waals surface area contributed by atoms with Crippen molar-refractivity contribution in [3.63, 3.8) is 0 Å². The molecule has 3 atom stereocenters. The first-order valence-corrected chi connectivity index (χ1v) is 11.7. The molecule has 29 heavy (non-hydrogen) atoms. The summed E-state index contributed by atoms with van der Waals surface area (Å²) < 4.78 is 0.957. The molecule has 1 aromatic carbocycles. The fourth-order valence-corrected chi connectivity index (χ4v) is 5.74. The van der Waals surface area contributed by atoms with Crippen LogP contribution < -0.4 is 16.0 Å². The topological polar surface area (TPSA) is 90.5 Å². The number of rotatable bonds is 8. The molecule has 0 spiro atoms. The largest absolute Gasteiger partial charge is 0.336 e. The van der Waals surface area contributed by atoms with Gasteiger partial charge in [-0.2, -0.15) is 11.8 Å². The smallest absolute Gasteiger partial charge is 0.315 e. The van der Waals surface area contributed by atoms with E-state index in [-0.39, 0.29) is 36.5 Å². The molecule has 0 saturated carbocycles. The second-order valence-electron chi connectivity index (χ2n) is 7.62. The number of nitrogens with zero attached hydrogens (tertiary/aromatic N) is 1. The number of nitrogens with one attached hydrogen (secondary N) is 3. The van der Waals surface area contributed by atoms with Crippen molar-refractivity contribution in [2.75, 3.05) is 24.7 Å². The van der Waals surface area contributed by atoms with E-state index in [1.165, 1.54) is 4.90 Å². The minimum absolute atomic E-state index is 0.0273. The van der Waals surface area contributed by atoms with Crippen molar-refractivity contribution < 1.29 is 14.4 Å². The normalized spacial score (nSPS) is 22.6. The molecule has 158 valence electrons. The molecule has 0 aromatic heterocycles. The number of hydrogen-bond donors (Lipinski definition) is 3. The molecule has 1 aromatic rings. The number of hydrogen-bond acceptors (Lipinski definition) is 4. The molecule has 0 bridgehead atoms. The summed E-state index contributed by atoms with van der Waals surface area (Å²) >= 11 is 5.29. The average molecular weight is 483 g/mol. The number of benzene rings is 1. The van der Waals surface area contributed by atoms with E-state index in [4.69, 9.17) is 0 Å². The van der Waals surface area contributed by atoms with E-state index in [1.807, 2.05) is 36.9 Å². The van der Waals surface area contributed by atoms with Crippen LogP contribution in [0.2, 0.25) is 0 Å². The summed E-state index contributed by atoms with van der Waals surface area (Å²) in [5.41, 5.74) is 1.71. The van der Waals surface area contributed by atoms with Gasteiger partial charge in [-0.15, -0.1) is 0 Å². The lowest BCUT2D eigenvalue weighted by Gasteiger charge is -2.18. The van der Waals surface area contributed by atoms with Crippen LogP contribution in [0, 0.1) is 6.92 Å². The number of fused-ring (bicyclic) bond motifs is 1. The number of aryl methyl sites for hydroxylation is 1. The zero-order valence-corrected chi connectivity index (χ0v) is 19.1. The Bertz CT molecular complexity index is 791. The summed E-state index contributed by atoms with van der Waals surface area (Å²) in [5, 5.41) is 9.19. The molecule has 0 unspecified atom stereocenters. The molecule has 2 saturated heterocycles. The monoisotopic (exact) mass is 482 g/mol. The number of halogens is 1. The number of likely N-dealkylation sites (N-methyl/N-ethyl adjacent to an activating group) is 1. The molecule has 3 N–H and O–H groups in total. The van der Waals surface area contributed by atoms with Gasteiger partial charge >= 0.3 is 6.03 Å². The summed E-state index contributed by atoms with van der Waals surface area (Å²) in [6.07, 6.45) is 3.12. The van der Waals surface area contributed by atoms with Crippen LogP contribution in [0.3, 0.4) is 0 Å². The van der Waals surface area contributed by atoms with E-state index in [0.717, 1.165) is 40.7 Å². The van der Waals surface area contributed by atoms with Crippen LogP contribution in [0.1, 0.15) is 31.2 Å². The lowest BCUT2D eigenvalue weighted by atomic mass is 10.0. The van der Waals surface area contributed by atoms with Crippen LogP contribution in [0.5, 0.6) is 0 Å². The summed E-state index contributed by atoms with van der Waals surface area (Å²) in [5.74, 6) is 0.715. The van der Waals surface area contributed by atoms with E-state index in [1.54, 1.807) is 7.05 Å². The van der Waals surface area contributed by atoms with E-state index in [0.29, 0.717) is 11.7 Å². The van der Waals surface area contributed by atoms with Crippen LogP contribution in [0.4, 0.5) is 10.5 Å². The lowest BCUT2D eigenvalue weighted by molar-refractivity contribution is -0.133. The molecule has 4 amide bonds. The highest BCUT2D eigenvalue weighted by molar-refractivity contribution is 9.10. The number of carbonyl (C=O) groups excluding carboxylic acids is 3. The van der Waals surface area contributed by atoms with E-state index >= 15 is 0 Å². The van der Waals surface area contributed by atoms with Gasteiger partial charge < -0.3 is 20.9 Å². The van der Waals surface area contributed by atoms with Crippen molar-refractivity contribution >= 4 is 51.2 Å². The zero-order chi connectivity index (χ0) is 21.0. The van der Waals surface area contributed by atoms with Crippen LogP contribution in [0.25, 0.3) is 0 Å². The molecular formula is C20H27BrN4O3S. The number of amides is 4. The van der Waals surface area contributed by atoms with Gasteiger partial charge in [-0.3, -0.25) is 9.59 Å². The standard InChI is InChI=1S/C20H27BrN4O3S/c1-12-9-13(21)7-8-14(12)22-17(26)10-25(2)18(27)6-4-3-5-16-19-15(11-29-16)23-20(28)24-19/h7-9,15-16,19H,3-6,10-11H2,1-2H3,(H,22,26)(H2,23,24,28)/t15-,16-,19-/m0/s1. The lowest BCUT2D eigenvalue weighted by Crippen LogP contribution is -2.37. The van der Waals surface area contributed by atoms with Gasteiger partial charge in [0.2, 0.25) is 11.8 Å². The van der Waals surface area contributed by atoms with Gasteiger partial charge in [0.15, 0.2) is 0 Å². The second-order valence-corrected chi connectivity index (χ2v) is 9.81. The molecule has 3 rings (SSSR count). The Hall–Kier alpha value is -1.74.